The van der Waals surface area contributed by atoms with Gasteiger partial charge in [0.25, 0.3) is 0 Å². The number of hydrogen-bond donors (Lipinski definition) is 1. The van der Waals surface area contributed by atoms with Gasteiger partial charge in [-0.3, -0.25) is 4.90 Å². The van der Waals surface area contributed by atoms with Crippen molar-refractivity contribution in [3.05, 3.63) is 41.0 Å². The van der Waals surface area contributed by atoms with Crippen molar-refractivity contribution in [1.82, 2.24) is 4.90 Å². The zero-order valence-electron chi connectivity index (χ0n) is 14.0. The third-order valence-electron chi connectivity index (χ3n) is 5.31. The normalized spacial score (nSPS) is 21.7. The van der Waals surface area contributed by atoms with E-state index in [1.165, 1.54) is 50.8 Å². The SMILES string of the molecule is CC(C)C(O)c1ccc(C=C2CCN(C3CCC3)CC2)cc1. The highest BCUT2D eigenvalue weighted by Gasteiger charge is 2.26. The maximum absolute atomic E-state index is 10.1. The van der Waals surface area contributed by atoms with Crippen molar-refractivity contribution in [3.8, 4) is 0 Å². The van der Waals surface area contributed by atoms with Gasteiger partial charge < -0.3 is 5.11 Å². The first-order valence-electron chi connectivity index (χ1n) is 8.85. The Balaban J connectivity index is 1.58. The first-order chi connectivity index (χ1) is 10.6. The molecule has 1 aromatic rings. The minimum absolute atomic E-state index is 0.264. The average Bonchev–Trinajstić information content (AvgIpc) is 2.47. The van der Waals surface area contributed by atoms with Gasteiger partial charge in [-0.25, -0.2) is 0 Å². The van der Waals surface area contributed by atoms with E-state index in [1.54, 1.807) is 5.57 Å². The molecular weight excluding hydrogens is 270 g/mol. The van der Waals surface area contributed by atoms with Crippen LogP contribution in [0, 0.1) is 5.92 Å². The van der Waals surface area contributed by atoms with Crippen LogP contribution in [0.2, 0.25) is 0 Å². The Morgan fingerprint density at radius 2 is 1.73 bits per heavy atom. The van der Waals surface area contributed by atoms with Crippen LogP contribution < -0.4 is 0 Å². The molecule has 0 aromatic heterocycles. The third kappa shape index (κ3) is 3.61. The Hall–Kier alpha value is -1.12. The van der Waals surface area contributed by atoms with Gasteiger partial charge in [0, 0.05) is 19.1 Å². The lowest BCUT2D eigenvalue weighted by molar-refractivity contribution is 0.118. The van der Waals surface area contributed by atoms with Crippen LogP contribution in [0.1, 0.15) is 63.2 Å². The van der Waals surface area contributed by atoms with Gasteiger partial charge >= 0.3 is 0 Å². The monoisotopic (exact) mass is 299 g/mol. The molecule has 0 radical (unpaired) electrons. The second-order valence-corrected chi connectivity index (χ2v) is 7.28. The van der Waals surface area contributed by atoms with Crippen molar-refractivity contribution in [2.45, 2.75) is 58.1 Å². The van der Waals surface area contributed by atoms with Crippen LogP contribution in [0.25, 0.3) is 6.08 Å². The maximum atomic E-state index is 10.1. The topological polar surface area (TPSA) is 23.5 Å². The van der Waals surface area contributed by atoms with Crippen LogP contribution in [0.15, 0.2) is 29.8 Å². The molecule has 1 atom stereocenters. The van der Waals surface area contributed by atoms with Crippen LogP contribution in [-0.2, 0) is 0 Å². The summed E-state index contributed by atoms with van der Waals surface area (Å²) in [4.78, 5) is 2.68. The summed E-state index contributed by atoms with van der Waals surface area (Å²) in [6.45, 7) is 6.58. The highest BCUT2D eigenvalue weighted by Crippen LogP contribution is 2.29. The molecule has 1 aliphatic carbocycles. The van der Waals surface area contributed by atoms with E-state index in [1.807, 2.05) is 0 Å². The first kappa shape index (κ1) is 15.8. The number of rotatable bonds is 4. The van der Waals surface area contributed by atoms with E-state index in [2.05, 4.69) is 49.1 Å². The summed E-state index contributed by atoms with van der Waals surface area (Å²) in [7, 11) is 0. The molecule has 1 unspecified atom stereocenters. The Labute approximate surface area is 134 Å². The van der Waals surface area contributed by atoms with Gasteiger partial charge in [0.15, 0.2) is 0 Å². The van der Waals surface area contributed by atoms with Crippen molar-refractivity contribution >= 4 is 6.08 Å². The third-order valence-corrected chi connectivity index (χ3v) is 5.31. The van der Waals surface area contributed by atoms with E-state index in [9.17, 15) is 5.11 Å². The molecule has 1 heterocycles. The molecular formula is C20H29NO. The van der Waals surface area contributed by atoms with Gasteiger partial charge in [-0.2, -0.15) is 0 Å². The summed E-state index contributed by atoms with van der Waals surface area (Å²) in [5, 5.41) is 10.1. The van der Waals surface area contributed by atoms with Crippen molar-refractivity contribution in [1.29, 1.82) is 0 Å². The van der Waals surface area contributed by atoms with Gasteiger partial charge in [0.1, 0.15) is 0 Å². The minimum atomic E-state index is -0.354. The van der Waals surface area contributed by atoms with E-state index in [0.29, 0.717) is 0 Å². The molecule has 0 bridgehead atoms. The highest BCUT2D eigenvalue weighted by atomic mass is 16.3. The summed E-state index contributed by atoms with van der Waals surface area (Å²) < 4.78 is 0. The Morgan fingerprint density at radius 1 is 1.09 bits per heavy atom. The summed E-state index contributed by atoms with van der Waals surface area (Å²) in [6.07, 6.45) is 8.69. The fourth-order valence-electron chi connectivity index (χ4n) is 3.48. The number of nitrogens with zero attached hydrogens (tertiary/aromatic N) is 1. The molecule has 2 heteroatoms. The van der Waals surface area contributed by atoms with Crippen LogP contribution in [-0.4, -0.2) is 29.1 Å². The zero-order chi connectivity index (χ0) is 15.5. The molecule has 120 valence electrons. The van der Waals surface area contributed by atoms with Gasteiger partial charge in [-0.15, -0.1) is 0 Å². The first-order valence-corrected chi connectivity index (χ1v) is 8.85. The summed E-state index contributed by atoms with van der Waals surface area (Å²) >= 11 is 0. The minimum Gasteiger partial charge on any atom is -0.388 e. The summed E-state index contributed by atoms with van der Waals surface area (Å²) in [6, 6.07) is 9.32. The maximum Gasteiger partial charge on any atom is 0.0812 e. The zero-order valence-corrected chi connectivity index (χ0v) is 14.0. The second-order valence-electron chi connectivity index (χ2n) is 7.28. The van der Waals surface area contributed by atoms with E-state index in [4.69, 9.17) is 0 Å². The molecule has 0 amide bonds. The van der Waals surface area contributed by atoms with Crippen LogP contribution in [0.3, 0.4) is 0 Å². The van der Waals surface area contributed by atoms with E-state index < -0.39 is 0 Å². The Kier molecular flexibility index (Phi) is 5.00. The standard InChI is InChI=1S/C20H29NO/c1-15(2)20(22)18-8-6-16(7-9-18)14-17-10-12-21(13-11-17)19-4-3-5-19/h6-9,14-15,19-20,22H,3-5,10-13H2,1-2H3. The van der Waals surface area contributed by atoms with Gasteiger partial charge in [0.05, 0.1) is 6.10 Å². The molecule has 2 aliphatic rings. The molecule has 1 saturated heterocycles. The molecule has 1 aliphatic heterocycles. The number of hydrogen-bond acceptors (Lipinski definition) is 2. The number of likely N-dealkylation sites (tertiary alicyclic amines) is 1. The fraction of sp³-hybridized carbons (Fsp3) is 0.600. The summed E-state index contributed by atoms with van der Waals surface area (Å²) in [5.41, 5.74) is 3.87. The molecule has 22 heavy (non-hydrogen) atoms. The average molecular weight is 299 g/mol. The van der Waals surface area contributed by atoms with Crippen molar-refractivity contribution in [2.75, 3.05) is 13.1 Å². The molecule has 2 nitrogen and oxygen atoms in total. The smallest absolute Gasteiger partial charge is 0.0812 e. The quantitative estimate of drug-likeness (QED) is 0.890. The van der Waals surface area contributed by atoms with Crippen molar-refractivity contribution in [3.63, 3.8) is 0 Å². The van der Waals surface area contributed by atoms with Gasteiger partial charge in [-0.05, 0) is 42.7 Å². The number of piperidine rings is 1. The lowest BCUT2D eigenvalue weighted by atomic mass is 9.89. The molecule has 3 rings (SSSR count). The Morgan fingerprint density at radius 3 is 2.23 bits per heavy atom. The van der Waals surface area contributed by atoms with Gasteiger partial charge in [0.2, 0.25) is 0 Å². The fourth-order valence-corrected chi connectivity index (χ4v) is 3.48. The lowest BCUT2D eigenvalue weighted by Crippen LogP contribution is -2.43. The summed E-state index contributed by atoms with van der Waals surface area (Å²) in [5.74, 6) is 0.264. The van der Waals surface area contributed by atoms with E-state index in [-0.39, 0.29) is 12.0 Å². The van der Waals surface area contributed by atoms with Gasteiger partial charge in [-0.1, -0.05) is 56.2 Å². The molecule has 0 spiro atoms. The van der Waals surface area contributed by atoms with Crippen molar-refractivity contribution < 1.29 is 5.11 Å². The number of aliphatic hydroxyl groups excluding tert-OH is 1. The largest absolute Gasteiger partial charge is 0.388 e. The molecule has 1 saturated carbocycles. The number of benzene rings is 1. The van der Waals surface area contributed by atoms with Crippen LogP contribution >= 0.6 is 0 Å². The second kappa shape index (κ2) is 6.97. The van der Waals surface area contributed by atoms with Crippen LogP contribution in [0.5, 0.6) is 0 Å². The van der Waals surface area contributed by atoms with Crippen molar-refractivity contribution in [2.24, 2.45) is 5.92 Å². The van der Waals surface area contributed by atoms with E-state index >= 15 is 0 Å². The predicted molar refractivity (Wildman–Crippen MR) is 92.7 cm³/mol. The molecule has 1 N–H and O–H groups in total. The predicted octanol–water partition coefficient (Wildman–Crippen LogP) is 4.41. The van der Waals surface area contributed by atoms with Crippen LogP contribution in [0.4, 0.5) is 0 Å². The molecule has 2 fully saturated rings. The lowest BCUT2D eigenvalue weighted by Gasteiger charge is -2.40. The highest BCUT2D eigenvalue weighted by molar-refractivity contribution is 5.53. The van der Waals surface area contributed by atoms with E-state index in [0.717, 1.165) is 11.6 Å². The number of aliphatic hydroxyl groups is 1. The molecule has 1 aromatic carbocycles. The Bertz CT molecular complexity index is 503.